The standard InChI is InChI=1S/C64H108O6/c1-4-7-10-13-16-19-22-25-27-28-29-30-31-32-33-34-35-36-37-40-42-45-48-51-54-57-63(66)69-60-61(59-68-62(65)56-53-50-47-44-41-38-24-21-18-15-12-9-6-3)70-64(67)58-55-52-49-46-43-39-26-23-20-17-14-11-8-5-2/h7,10,14,16-17,19,23,25-27,29-30,32-33,35-36,61H,4-6,8-9,11-13,15,18,20-22,24,28,31,34,37-60H2,1-3H3/b10-7-,17-14-,19-16-,26-23-,27-25-,30-29-,33-32-,36-35-. The van der Waals surface area contributed by atoms with Gasteiger partial charge in [0.1, 0.15) is 13.2 Å². The number of allylic oxidation sites excluding steroid dienone is 16. The second-order valence-corrected chi connectivity index (χ2v) is 19.2. The summed E-state index contributed by atoms with van der Waals surface area (Å²) in [6.45, 7) is 6.47. The fraction of sp³-hybridized carbons (Fsp3) is 0.703. The van der Waals surface area contributed by atoms with Crippen molar-refractivity contribution in [1.82, 2.24) is 0 Å². The van der Waals surface area contributed by atoms with Crippen molar-refractivity contribution >= 4 is 17.9 Å². The first-order valence-electron chi connectivity index (χ1n) is 29.2. The van der Waals surface area contributed by atoms with Crippen LogP contribution in [0, 0.1) is 0 Å². The number of hydrogen-bond acceptors (Lipinski definition) is 6. The maximum absolute atomic E-state index is 12.8. The third-order valence-corrected chi connectivity index (χ3v) is 12.3. The second-order valence-electron chi connectivity index (χ2n) is 19.2. The van der Waals surface area contributed by atoms with Crippen LogP contribution in [-0.4, -0.2) is 37.2 Å². The molecule has 0 aromatic heterocycles. The van der Waals surface area contributed by atoms with E-state index in [0.29, 0.717) is 19.3 Å². The van der Waals surface area contributed by atoms with Gasteiger partial charge < -0.3 is 14.2 Å². The number of ether oxygens (including phenoxy) is 3. The minimum absolute atomic E-state index is 0.0864. The third-order valence-electron chi connectivity index (χ3n) is 12.3. The molecule has 0 aliphatic carbocycles. The van der Waals surface area contributed by atoms with Gasteiger partial charge in [0, 0.05) is 19.3 Å². The van der Waals surface area contributed by atoms with Gasteiger partial charge >= 0.3 is 17.9 Å². The molecule has 0 heterocycles. The van der Waals surface area contributed by atoms with Gasteiger partial charge in [-0.2, -0.15) is 0 Å². The molecule has 0 aliphatic rings. The van der Waals surface area contributed by atoms with Crippen molar-refractivity contribution in [3.63, 3.8) is 0 Å². The van der Waals surface area contributed by atoms with Crippen LogP contribution in [0.2, 0.25) is 0 Å². The largest absolute Gasteiger partial charge is 0.462 e. The molecule has 6 heteroatoms. The van der Waals surface area contributed by atoms with Crippen LogP contribution in [0.1, 0.15) is 271 Å². The highest BCUT2D eigenvalue weighted by Gasteiger charge is 2.19. The zero-order valence-electron chi connectivity index (χ0n) is 45.8. The number of rotatable bonds is 52. The maximum Gasteiger partial charge on any atom is 0.306 e. The van der Waals surface area contributed by atoms with E-state index in [4.69, 9.17) is 14.2 Å². The number of hydrogen-bond donors (Lipinski definition) is 0. The highest BCUT2D eigenvalue weighted by Crippen LogP contribution is 2.15. The van der Waals surface area contributed by atoms with Gasteiger partial charge in [0.05, 0.1) is 0 Å². The van der Waals surface area contributed by atoms with E-state index in [1.807, 2.05) is 0 Å². The number of unbranched alkanes of at least 4 members (excludes halogenated alkanes) is 25. The van der Waals surface area contributed by atoms with Crippen LogP contribution in [0.15, 0.2) is 97.2 Å². The SMILES string of the molecule is CC/C=C\C/C=C\C/C=C\C/C=C\C/C=C\C/C=C\CCCCCCCCC(=O)OCC(COC(=O)CCCCCCCCCCCCCCC)OC(=O)CCCCCCC/C=C\C/C=C\CCCC. The van der Waals surface area contributed by atoms with Gasteiger partial charge in [-0.15, -0.1) is 0 Å². The van der Waals surface area contributed by atoms with Gasteiger partial charge in [0.15, 0.2) is 6.10 Å². The van der Waals surface area contributed by atoms with Crippen LogP contribution in [0.25, 0.3) is 0 Å². The summed E-state index contributed by atoms with van der Waals surface area (Å²) in [5.74, 6) is -0.911. The van der Waals surface area contributed by atoms with Crippen LogP contribution in [0.3, 0.4) is 0 Å². The number of esters is 3. The van der Waals surface area contributed by atoms with Gasteiger partial charge in [-0.05, 0) is 96.3 Å². The first-order valence-corrected chi connectivity index (χ1v) is 29.2. The molecule has 400 valence electrons. The first kappa shape index (κ1) is 66.3. The van der Waals surface area contributed by atoms with Crippen LogP contribution in [0.5, 0.6) is 0 Å². The molecule has 0 N–H and O–H groups in total. The van der Waals surface area contributed by atoms with Crippen molar-refractivity contribution in [3.8, 4) is 0 Å². The summed E-state index contributed by atoms with van der Waals surface area (Å²) in [6, 6.07) is 0. The zero-order chi connectivity index (χ0) is 50.7. The predicted molar refractivity (Wildman–Crippen MR) is 302 cm³/mol. The van der Waals surface area contributed by atoms with E-state index in [1.165, 1.54) is 96.3 Å². The Balaban J connectivity index is 4.36. The lowest BCUT2D eigenvalue weighted by Gasteiger charge is -2.18. The molecular weight excluding hydrogens is 865 g/mol. The molecule has 0 rings (SSSR count). The van der Waals surface area contributed by atoms with Crippen LogP contribution in [-0.2, 0) is 28.6 Å². The molecule has 6 nitrogen and oxygen atoms in total. The molecular formula is C64H108O6. The van der Waals surface area contributed by atoms with Gasteiger partial charge in [0.25, 0.3) is 0 Å². The lowest BCUT2D eigenvalue weighted by Crippen LogP contribution is -2.30. The molecule has 0 fully saturated rings. The van der Waals surface area contributed by atoms with Gasteiger partial charge in [0.2, 0.25) is 0 Å². The van der Waals surface area contributed by atoms with E-state index >= 15 is 0 Å². The number of carbonyl (C=O) groups is 3. The zero-order valence-corrected chi connectivity index (χ0v) is 45.8. The molecule has 0 aromatic rings. The van der Waals surface area contributed by atoms with E-state index in [-0.39, 0.29) is 31.1 Å². The fourth-order valence-corrected chi connectivity index (χ4v) is 7.93. The molecule has 1 atom stereocenters. The molecule has 0 aromatic carbocycles. The Morgan fingerprint density at radius 2 is 0.571 bits per heavy atom. The summed E-state index contributed by atoms with van der Waals surface area (Å²) >= 11 is 0. The van der Waals surface area contributed by atoms with E-state index < -0.39 is 6.10 Å². The Morgan fingerprint density at radius 1 is 0.300 bits per heavy atom. The highest BCUT2D eigenvalue weighted by molar-refractivity contribution is 5.71. The monoisotopic (exact) mass is 973 g/mol. The van der Waals surface area contributed by atoms with Crippen molar-refractivity contribution in [2.45, 2.75) is 277 Å². The fourth-order valence-electron chi connectivity index (χ4n) is 7.93. The molecule has 1 unspecified atom stereocenters. The van der Waals surface area contributed by atoms with Crippen molar-refractivity contribution in [3.05, 3.63) is 97.2 Å². The summed E-state index contributed by atoms with van der Waals surface area (Å²) in [5, 5.41) is 0. The Morgan fingerprint density at radius 3 is 0.914 bits per heavy atom. The lowest BCUT2D eigenvalue weighted by atomic mass is 10.0. The van der Waals surface area contributed by atoms with E-state index in [9.17, 15) is 14.4 Å². The Bertz CT molecular complexity index is 1400. The van der Waals surface area contributed by atoms with Crippen molar-refractivity contribution in [2.24, 2.45) is 0 Å². The van der Waals surface area contributed by atoms with Gasteiger partial charge in [-0.3, -0.25) is 14.4 Å². The Kier molecular flexibility index (Phi) is 54.9. The van der Waals surface area contributed by atoms with E-state index in [1.54, 1.807) is 0 Å². The average Bonchev–Trinajstić information content (AvgIpc) is 3.36. The van der Waals surface area contributed by atoms with E-state index in [0.717, 1.165) is 135 Å². The quantitative estimate of drug-likeness (QED) is 0.0262. The minimum Gasteiger partial charge on any atom is -0.462 e. The molecule has 0 radical (unpaired) electrons. The average molecular weight is 974 g/mol. The minimum atomic E-state index is -0.790. The molecule has 0 amide bonds. The summed E-state index contributed by atoms with van der Waals surface area (Å²) < 4.78 is 16.8. The van der Waals surface area contributed by atoms with Crippen molar-refractivity contribution in [1.29, 1.82) is 0 Å². The van der Waals surface area contributed by atoms with Crippen LogP contribution in [0.4, 0.5) is 0 Å². The van der Waals surface area contributed by atoms with Gasteiger partial charge in [-0.1, -0.05) is 253 Å². The maximum atomic E-state index is 12.8. The van der Waals surface area contributed by atoms with Crippen molar-refractivity contribution in [2.75, 3.05) is 13.2 Å². The summed E-state index contributed by atoms with van der Waals surface area (Å²) in [5.41, 5.74) is 0. The second kappa shape index (κ2) is 57.9. The smallest absolute Gasteiger partial charge is 0.306 e. The molecule has 0 saturated heterocycles. The lowest BCUT2D eigenvalue weighted by molar-refractivity contribution is -0.167. The normalized spacial score (nSPS) is 12.8. The Hall–Kier alpha value is -3.67. The Labute approximate surface area is 432 Å². The van der Waals surface area contributed by atoms with Crippen LogP contribution < -0.4 is 0 Å². The molecule has 70 heavy (non-hydrogen) atoms. The third kappa shape index (κ3) is 55.3. The molecule has 0 spiro atoms. The van der Waals surface area contributed by atoms with Crippen LogP contribution >= 0.6 is 0 Å². The number of carbonyl (C=O) groups excluding carboxylic acids is 3. The first-order chi connectivity index (χ1) is 34.5. The van der Waals surface area contributed by atoms with Crippen molar-refractivity contribution < 1.29 is 28.6 Å². The molecule has 0 aliphatic heterocycles. The summed E-state index contributed by atoms with van der Waals surface area (Å²) in [7, 11) is 0. The van der Waals surface area contributed by atoms with E-state index in [2.05, 4.69) is 118 Å². The molecule has 0 bridgehead atoms. The molecule has 0 saturated carbocycles. The summed E-state index contributed by atoms with van der Waals surface area (Å²) in [4.78, 5) is 38.1. The summed E-state index contributed by atoms with van der Waals surface area (Å²) in [6.07, 6.45) is 76.8. The van der Waals surface area contributed by atoms with Gasteiger partial charge in [-0.25, -0.2) is 0 Å². The topological polar surface area (TPSA) is 78.9 Å². The highest BCUT2D eigenvalue weighted by atomic mass is 16.6. The predicted octanol–water partition coefficient (Wildman–Crippen LogP) is 19.7.